The molecule has 104 valence electrons. The van der Waals surface area contributed by atoms with Crippen molar-refractivity contribution >= 4 is 5.97 Å². The van der Waals surface area contributed by atoms with E-state index in [1.165, 1.54) is 0 Å². The highest BCUT2D eigenvalue weighted by atomic mass is 16.5. The number of carboxylic acid groups (broad SMARTS) is 1. The lowest BCUT2D eigenvalue weighted by Crippen LogP contribution is -2.48. The predicted octanol–water partition coefficient (Wildman–Crippen LogP) is 0.979. The summed E-state index contributed by atoms with van der Waals surface area (Å²) in [6.07, 6.45) is 4.01. The van der Waals surface area contributed by atoms with Crippen LogP contribution in [0.15, 0.2) is 0 Å². The van der Waals surface area contributed by atoms with Gasteiger partial charge in [0.05, 0.1) is 12.7 Å². The molecule has 0 aliphatic carbocycles. The van der Waals surface area contributed by atoms with Crippen molar-refractivity contribution in [3.8, 4) is 0 Å². The SMILES string of the molecule is CN(CC1CCCO1)CC1(C(=O)O)CCCOC1. The first-order valence-corrected chi connectivity index (χ1v) is 6.74. The Hall–Kier alpha value is -0.650. The molecule has 5 heteroatoms. The maximum Gasteiger partial charge on any atom is 0.313 e. The van der Waals surface area contributed by atoms with Crippen LogP contribution in [-0.2, 0) is 14.3 Å². The van der Waals surface area contributed by atoms with Crippen LogP contribution >= 0.6 is 0 Å². The van der Waals surface area contributed by atoms with E-state index in [-0.39, 0.29) is 6.10 Å². The van der Waals surface area contributed by atoms with E-state index >= 15 is 0 Å². The first-order chi connectivity index (χ1) is 8.62. The van der Waals surface area contributed by atoms with Crippen molar-refractivity contribution in [1.29, 1.82) is 0 Å². The second-order valence-electron chi connectivity index (χ2n) is 5.57. The molecular weight excluding hydrogens is 234 g/mol. The molecule has 2 atom stereocenters. The summed E-state index contributed by atoms with van der Waals surface area (Å²) >= 11 is 0. The number of hydrogen-bond donors (Lipinski definition) is 1. The average Bonchev–Trinajstić information content (AvgIpc) is 2.82. The minimum atomic E-state index is -0.735. The number of hydrogen-bond acceptors (Lipinski definition) is 4. The summed E-state index contributed by atoms with van der Waals surface area (Å²) in [5.41, 5.74) is -0.731. The van der Waals surface area contributed by atoms with Crippen molar-refractivity contribution in [1.82, 2.24) is 4.90 Å². The van der Waals surface area contributed by atoms with Crippen molar-refractivity contribution in [3.63, 3.8) is 0 Å². The van der Waals surface area contributed by atoms with Crippen LogP contribution in [0.2, 0.25) is 0 Å². The van der Waals surface area contributed by atoms with E-state index in [0.717, 1.165) is 32.4 Å². The van der Waals surface area contributed by atoms with Crippen LogP contribution in [-0.4, -0.2) is 62.0 Å². The summed E-state index contributed by atoms with van der Waals surface area (Å²) < 4.78 is 11.0. The topological polar surface area (TPSA) is 59.0 Å². The smallest absolute Gasteiger partial charge is 0.313 e. The van der Waals surface area contributed by atoms with Gasteiger partial charge in [-0.3, -0.25) is 4.79 Å². The van der Waals surface area contributed by atoms with Crippen LogP contribution in [0.25, 0.3) is 0 Å². The van der Waals surface area contributed by atoms with E-state index in [1.54, 1.807) is 0 Å². The van der Waals surface area contributed by atoms with Gasteiger partial charge < -0.3 is 19.5 Å². The van der Waals surface area contributed by atoms with Crippen LogP contribution in [0.3, 0.4) is 0 Å². The van der Waals surface area contributed by atoms with Crippen LogP contribution in [0, 0.1) is 5.41 Å². The fraction of sp³-hybridized carbons (Fsp3) is 0.923. The van der Waals surface area contributed by atoms with E-state index in [9.17, 15) is 9.90 Å². The predicted molar refractivity (Wildman–Crippen MR) is 66.6 cm³/mol. The minimum Gasteiger partial charge on any atom is -0.481 e. The molecule has 0 aromatic rings. The van der Waals surface area contributed by atoms with Gasteiger partial charge in [-0.05, 0) is 32.7 Å². The Kier molecular flexibility index (Phi) is 4.59. The highest BCUT2D eigenvalue weighted by Crippen LogP contribution is 2.30. The molecule has 2 fully saturated rings. The second-order valence-corrected chi connectivity index (χ2v) is 5.57. The molecule has 2 aliphatic heterocycles. The lowest BCUT2D eigenvalue weighted by atomic mass is 9.82. The Morgan fingerprint density at radius 1 is 1.44 bits per heavy atom. The van der Waals surface area contributed by atoms with Gasteiger partial charge >= 0.3 is 5.97 Å². The molecule has 5 nitrogen and oxygen atoms in total. The minimum absolute atomic E-state index is 0.269. The third kappa shape index (κ3) is 3.22. The molecule has 0 radical (unpaired) electrons. The summed E-state index contributed by atoms with van der Waals surface area (Å²) in [5.74, 6) is -0.735. The Bertz CT molecular complexity index is 283. The zero-order valence-corrected chi connectivity index (χ0v) is 11.1. The van der Waals surface area contributed by atoms with Gasteiger partial charge in [0.15, 0.2) is 0 Å². The number of likely N-dealkylation sites (N-methyl/N-ethyl adjacent to an activating group) is 1. The molecule has 1 N–H and O–H groups in total. The summed E-state index contributed by atoms with van der Waals surface area (Å²) in [7, 11) is 1.97. The first-order valence-electron chi connectivity index (χ1n) is 6.74. The number of nitrogens with zero attached hydrogens (tertiary/aromatic N) is 1. The van der Waals surface area contributed by atoms with Gasteiger partial charge in [-0.25, -0.2) is 0 Å². The molecule has 18 heavy (non-hydrogen) atoms. The zero-order valence-electron chi connectivity index (χ0n) is 11.1. The van der Waals surface area contributed by atoms with Crippen LogP contribution in [0.5, 0.6) is 0 Å². The van der Waals surface area contributed by atoms with Gasteiger partial charge in [0, 0.05) is 26.3 Å². The molecule has 0 spiro atoms. The summed E-state index contributed by atoms with van der Waals surface area (Å²) in [5, 5.41) is 9.46. The Morgan fingerprint density at radius 2 is 2.28 bits per heavy atom. The molecule has 2 aliphatic rings. The molecule has 2 saturated heterocycles. The van der Waals surface area contributed by atoms with Crippen molar-refractivity contribution < 1.29 is 19.4 Å². The Labute approximate surface area is 108 Å². The summed E-state index contributed by atoms with van der Waals surface area (Å²) in [6, 6.07) is 0. The normalized spacial score (nSPS) is 32.9. The fourth-order valence-corrected chi connectivity index (χ4v) is 2.93. The molecule has 2 heterocycles. The molecular formula is C13H23NO4. The monoisotopic (exact) mass is 257 g/mol. The maximum atomic E-state index is 11.5. The van der Waals surface area contributed by atoms with Crippen molar-refractivity contribution in [2.75, 3.05) is 40.0 Å². The molecule has 2 rings (SSSR count). The van der Waals surface area contributed by atoms with Crippen molar-refractivity contribution in [2.45, 2.75) is 31.8 Å². The number of aliphatic carboxylic acids is 1. The van der Waals surface area contributed by atoms with Gasteiger partial charge in [-0.2, -0.15) is 0 Å². The van der Waals surface area contributed by atoms with Crippen molar-refractivity contribution in [3.05, 3.63) is 0 Å². The molecule has 0 bridgehead atoms. The lowest BCUT2D eigenvalue weighted by Gasteiger charge is -2.36. The van der Waals surface area contributed by atoms with Gasteiger partial charge in [0.25, 0.3) is 0 Å². The zero-order chi connectivity index (χ0) is 13.0. The summed E-state index contributed by atoms with van der Waals surface area (Å²) in [4.78, 5) is 13.6. The Morgan fingerprint density at radius 3 is 2.83 bits per heavy atom. The summed E-state index contributed by atoms with van der Waals surface area (Å²) in [6.45, 7) is 3.21. The average molecular weight is 257 g/mol. The van der Waals surface area contributed by atoms with E-state index in [2.05, 4.69) is 4.90 Å². The van der Waals surface area contributed by atoms with Gasteiger partial charge in [0.1, 0.15) is 5.41 Å². The van der Waals surface area contributed by atoms with E-state index in [0.29, 0.717) is 26.2 Å². The van der Waals surface area contributed by atoms with Crippen LogP contribution in [0.4, 0.5) is 0 Å². The third-order valence-corrected chi connectivity index (χ3v) is 3.89. The van der Waals surface area contributed by atoms with Crippen LogP contribution in [0.1, 0.15) is 25.7 Å². The van der Waals surface area contributed by atoms with Gasteiger partial charge in [0.2, 0.25) is 0 Å². The standard InChI is InChI=1S/C13H23NO4/c1-14(8-11-4-2-7-18-11)9-13(12(15)16)5-3-6-17-10-13/h11H,2-10H2,1H3,(H,15,16). The quantitative estimate of drug-likeness (QED) is 0.795. The largest absolute Gasteiger partial charge is 0.481 e. The molecule has 0 aromatic heterocycles. The highest BCUT2D eigenvalue weighted by molar-refractivity contribution is 5.75. The number of carbonyl (C=O) groups is 1. The molecule has 0 amide bonds. The Balaban J connectivity index is 1.89. The van der Waals surface area contributed by atoms with Crippen LogP contribution < -0.4 is 0 Å². The molecule has 0 aromatic carbocycles. The third-order valence-electron chi connectivity index (χ3n) is 3.89. The number of ether oxygens (including phenoxy) is 2. The fourth-order valence-electron chi connectivity index (χ4n) is 2.93. The molecule has 0 saturated carbocycles. The lowest BCUT2D eigenvalue weighted by molar-refractivity contribution is -0.159. The number of carboxylic acids is 1. The van der Waals surface area contributed by atoms with E-state index in [1.807, 2.05) is 7.05 Å². The maximum absolute atomic E-state index is 11.5. The van der Waals surface area contributed by atoms with E-state index < -0.39 is 11.4 Å². The first kappa shape index (κ1) is 13.8. The number of rotatable bonds is 5. The van der Waals surface area contributed by atoms with Crippen molar-refractivity contribution in [2.24, 2.45) is 5.41 Å². The molecule has 2 unspecified atom stereocenters. The van der Waals surface area contributed by atoms with E-state index in [4.69, 9.17) is 9.47 Å². The van der Waals surface area contributed by atoms with Gasteiger partial charge in [-0.1, -0.05) is 0 Å². The van der Waals surface area contributed by atoms with Gasteiger partial charge in [-0.15, -0.1) is 0 Å². The second kappa shape index (κ2) is 5.99. The highest BCUT2D eigenvalue weighted by Gasteiger charge is 2.41.